The van der Waals surface area contributed by atoms with E-state index in [2.05, 4.69) is 13.8 Å². The van der Waals surface area contributed by atoms with Crippen LogP contribution in [0.3, 0.4) is 0 Å². The molecule has 6 nitrogen and oxygen atoms in total. The molecule has 0 atom stereocenters. The van der Waals surface area contributed by atoms with Gasteiger partial charge in [0.2, 0.25) is 0 Å². The number of hydrogen-bond acceptors (Lipinski definition) is 6. The van der Waals surface area contributed by atoms with Crippen molar-refractivity contribution in [2.75, 3.05) is 7.11 Å². The number of hydrogen-bond donors (Lipinski definition) is 2. The van der Waals surface area contributed by atoms with Crippen molar-refractivity contribution in [2.24, 2.45) is 0 Å². The second-order valence-electron chi connectivity index (χ2n) is 8.06. The molecule has 0 unspecified atom stereocenters. The Bertz CT molecular complexity index is 1120. The molecule has 0 saturated heterocycles. The fraction of sp³-hybridized carbons (Fsp3) is 0.423. The van der Waals surface area contributed by atoms with Gasteiger partial charge in [0.15, 0.2) is 11.5 Å². The molecule has 3 aromatic rings. The van der Waals surface area contributed by atoms with Gasteiger partial charge in [-0.2, -0.15) is 0 Å². The normalized spacial score (nSPS) is 11.1. The Labute approximate surface area is 188 Å². The quantitative estimate of drug-likeness (QED) is 0.332. The number of phenolic OH excluding ortho intramolecular Hbond substituents is 2. The lowest BCUT2D eigenvalue weighted by Gasteiger charge is -2.16. The van der Waals surface area contributed by atoms with Crippen LogP contribution >= 0.6 is 0 Å². The monoisotopic (exact) mass is 440 g/mol. The molecule has 1 heterocycles. The zero-order valence-electron chi connectivity index (χ0n) is 19.1. The molecule has 2 aromatic carbocycles. The summed E-state index contributed by atoms with van der Waals surface area (Å²) in [6, 6.07) is 7.96. The maximum absolute atomic E-state index is 12.8. The smallest absolute Gasteiger partial charge is 0.347 e. The van der Waals surface area contributed by atoms with Crippen molar-refractivity contribution in [1.29, 1.82) is 0 Å². The van der Waals surface area contributed by atoms with Crippen molar-refractivity contribution in [2.45, 2.75) is 65.2 Å². The first-order chi connectivity index (χ1) is 15.5. The van der Waals surface area contributed by atoms with E-state index in [-0.39, 0.29) is 28.4 Å². The van der Waals surface area contributed by atoms with E-state index in [4.69, 9.17) is 13.9 Å². The molecule has 0 aliphatic carbocycles. The van der Waals surface area contributed by atoms with Crippen molar-refractivity contribution in [3.8, 4) is 28.7 Å². The Balaban J connectivity index is 2.04. The number of ether oxygens (including phenoxy) is 2. The fourth-order valence-corrected chi connectivity index (χ4v) is 3.82. The lowest BCUT2D eigenvalue weighted by atomic mass is 10.0. The van der Waals surface area contributed by atoms with E-state index >= 15 is 0 Å². The van der Waals surface area contributed by atoms with Crippen LogP contribution in [0.25, 0.3) is 10.8 Å². The number of aromatic hydroxyl groups is 2. The summed E-state index contributed by atoms with van der Waals surface area (Å²) in [4.78, 5) is 12.8. The van der Waals surface area contributed by atoms with E-state index < -0.39 is 5.63 Å². The van der Waals surface area contributed by atoms with Gasteiger partial charge in [0.05, 0.1) is 7.11 Å². The molecular formula is C26H32O6. The molecule has 0 amide bonds. The standard InChI is InChI=1S/C26H32O6/c1-4-6-8-10-17-13-21(30-3)16-22(28)25(17)32-23-15-19(27)12-18-14-20(11-9-7-5-2)31-26(29)24(18)23/h12-16,27-28H,4-11H2,1-3H3. The van der Waals surface area contributed by atoms with Crippen LogP contribution in [0.5, 0.6) is 28.7 Å². The van der Waals surface area contributed by atoms with E-state index in [9.17, 15) is 15.0 Å². The summed E-state index contributed by atoms with van der Waals surface area (Å²) in [5.41, 5.74) is 0.247. The van der Waals surface area contributed by atoms with Crippen LogP contribution in [0.4, 0.5) is 0 Å². The highest BCUT2D eigenvalue weighted by atomic mass is 16.5. The third-order valence-electron chi connectivity index (χ3n) is 5.51. The third kappa shape index (κ3) is 5.55. The molecule has 6 heteroatoms. The van der Waals surface area contributed by atoms with E-state index in [1.165, 1.54) is 25.3 Å². The minimum Gasteiger partial charge on any atom is -0.508 e. The minimum atomic E-state index is -0.524. The summed E-state index contributed by atoms with van der Waals surface area (Å²) in [6.45, 7) is 4.23. The summed E-state index contributed by atoms with van der Waals surface area (Å²) < 4.78 is 16.9. The number of benzene rings is 2. The van der Waals surface area contributed by atoms with Gasteiger partial charge in [-0.1, -0.05) is 39.5 Å². The van der Waals surface area contributed by atoms with Crippen molar-refractivity contribution in [1.82, 2.24) is 0 Å². The molecule has 0 aliphatic rings. The first-order valence-electron chi connectivity index (χ1n) is 11.3. The van der Waals surface area contributed by atoms with Gasteiger partial charge in [0.1, 0.15) is 28.4 Å². The molecule has 32 heavy (non-hydrogen) atoms. The predicted octanol–water partition coefficient (Wildman–Crippen LogP) is 6.47. The average molecular weight is 441 g/mol. The number of methoxy groups -OCH3 is 1. The Morgan fingerprint density at radius 2 is 1.62 bits per heavy atom. The zero-order chi connectivity index (χ0) is 23.1. The Kier molecular flexibility index (Phi) is 8.03. The third-order valence-corrected chi connectivity index (χ3v) is 5.51. The molecule has 0 saturated carbocycles. The van der Waals surface area contributed by atoms with Crippen LogP contribution < -0.4 is 15.1 Å². The molecule has 0 spiro atoms. The average Bonchev–Trinajstić information content (AvgIpc) is 2.75. The predicted molar refractivity (Wildman–Crippen MR) is 125 cm³/mol. The SMILES string of the molecule is CCCCCc1cc2cc(O)cc(Oc3c(O)cc(OC)cc3CCCCC)c2c(=O)o1. The van der Waals surface area contributed by atoms with Crippen LogP contribution in [0.15, 0.2) is 39.5 Å². The zero-order valence-corrected chi connectivity index (χ0v) is 19.1. The molecule has 0 bridgehead atoms. The maximum atomic E-state index is 12.8. The van der Waals surface area contributed by atoms with Crippen LogP contribution in [0, 0.1) is 0 Å². The van der Waals surface area contributed by atoms with Crippen LogP contribution in [-0.2, 0) is 12.8 Å². The Hall–Kier alpha value is -3.15. The summed E-state index contributed by atoms with van der Waals surface area (Å²) in [5.74, 6) is 1.38. The van der Waals surface area contributed by atoms with Gasteiger partial charge in [0.25, 0.3) is 0 Å². The van der Waals surface area contributed by atoms with Gasteiger partial charge in [-0.25, -0.2) is 4.79 Å². The van der Waals surface area contributed by atoms with Gasteiger partial charge in [-0.3, -0.25) is 0 Å². The molecule has 2 N–H and O–H groups in total. The molecule has 0 fully saturated rings. The fourth-order valence-electron chi connectivity index (χ4n) is 3.82. The molecule has 172 valence electrons. The van der Waals surface area contributed by atoms with Gasteiger partial charge < -0.3 is 24.1 Å². The Morgan fingerprint density at radius 1 is 0.906 bits per heavy atom. The lowest BCUT2D eigenvalue weighted by Crippen LogP contribution is -2.05. The van der Waals surface area contributed by atoms with E-state index in [0.29, 0.717) is 29.7 Å². The highest BCUT2D eigenvalue weighted by Gasteiger charge is 2.18. The first-order valence-corrected chi connectivity index (χ1v) is 11.3. The van der Waals surface area contributed by atoms with Crippen LogP contribution in [0.1, 0.15) is 63.7 Å². The summed E-state index contributed by atoms with van der Waals surface area (Å²) in [7, 11) is 1.54. The molecular weight excluding hydrogens is 408 g/mol. The topological polar surface area (TPSA) is 89.1 Å². The molecule has 0 radical (unpaired) electrons. The van der Waals surface area contributed by atoms with Crippen molar-refractivity contribution in [3.63, 3.8) is 0 Å². The van der Waals surface area contributed by atoms with Gasteiger partial charge in [0, 0.05) is 24.1 Å². The second-order valence-corrected chi connectivity index (χ2v) is 8.06. The number of rotatable bonds is 11. The molecule has 1 aromatic heterocycles. The van der Waals surface area contributed by atoms with Gasteiger partial charge in [-0.15, -0.1) is 0 Å². The minimum absolute atomic E-state index is 0.0295. The number of aryl methyl sites for hydroxylation is 2. The highest BCUT2D eigenvalue weighted by molar-refractivity contribution is 5.89. The first kappa shape index (κ1) is 23.5. The summed E-state index contributed by atoms with van der Waals surface area (Å²) >= 11 is 0. The van der Waals surface area contributed by atoms with Crippen LogP contribution in [0.2, 0.25) is 0 Å². The number of unbranched alkanes of at least 4 members (excludes halogenated alkanes) is 4. The molecule has 0 aliphatic heterocycles. The molecule has 3 rings (SSSR count). The second kappa shape index (κ2) is 10.9. The largest absolute Gasteiger partial charge is 0.508 e. The Morgan fingerprint density at radius 3 is 2.31 bits per heavy atom. The number of fused-ring (bicyclic) bond motifs is 1. The van der Waals surface area contributed by atoms with E-state index in [0.717, 1.165) is 44.1 Å². The van der Waals surface area contributed by atoms with Gasteiger partial charge >= 0.3 is 5.63 Å². The summed E-state index contributed by atoms with van der Waals surface area (Å²) in [5, 5.41) is 21.7. The van der Waals surface area contributed by atoms with E-state index in [1.54, 1.807) is 6.07 Å². The van der Waals surface area contributed by atoms with Crippen molar-refractivity contribution < 1.29 is 24.1 Å². The number of phenols is 2. The van der Waals surface area contributed by atoms with Crippen molar-refractivity contribution in [3.05, 3.63) is 52.1 Å². The lowest BCUT2D eigenvalue weighted by molar-refractivity contribution is 0.386. The van der Waals surface area contributed by atoms with Crippen molar-refractivity contribution >= 4 is 10.8 Å². The van der Waals surface area contributed by atoms with Gasteiger partial charge in [-0.05, 0) is 42.8 Å². The van der Waals surface area contributed by atoms with Crippen LogP contribution in [-0.4, -0.2) is 17.3 Å². The van der Waals surface area contributed by atoms with E-state index in [1.807, 2.05) is 6.07 Å². The summed E-state index contributed by atoms with van der Waals surface area (Å²) in [6.07, 6.45) is 7.40. The maximum Gasteiger partial charge on any atom is 0.347 e. The highest BCUT2D eigenvalue weighted by Crippen LogP contribution is 2.41.